The molecule has 4 nitrogen and oxygen atoms in total. The van der Waals surface area contributed by atoms with E-state index in [1.165, 1.54) is 32.9 Å². The van der Waals surface area contributed by atoms with Crippen LogP contribution in [0.5, 0.6) is 0 Å². The molecule has 4 heteroatoms. The van der Waals surface area contributed by atoms with Crippen LogP contribution in [0.1, 0.15) is 12.0 Å². The summed E-state index contributed by atoms with van der Waals surface area (Å²) in [4.78, 5) is 4.98. The van der Waals surface area contributed by atoms with Crippen LogP contribution in [0.25, 0.3) is 38.4 Å². The van der Waals surface area contributed by atoms with Crippen LogP contribution in [0.4, 0.5) is 5.69 Å². The predicted octanol–water partition coefficient (Wildman–Crippen LogP) is 6.22. The van der Waals surface area contributed by atoms with Crippen molar-refractivity contribution in [2.24, 2.45) is 16.6 Å². The molecular formula is C28H22N4. The van der Waals surface area contributed by atoms with Crippen molar-refractivity contribution in [3.63, 3.8) is 0 Å². The molecule has 3 aromatic carbocycles. The van der Waals surface area contributed by atoms with Crippen molar-refractivity contribution in [1.82, 2.24) is 9.13 Å². The largest absolute Gasteiger partial charge is 0.369 e. The molecule has 3 heterocycles. The highest BCUT2D eigenvalue weighted by atomic mass is 15.2. The van der Waals surface area contributed by atoms with E-state index in [0.717, 1.165) is 29.6 Å². The monoisotopic (exact) mass is 414 g/mol. The molecule has 5 aromatic rings. The first kappa shape index (κ1) is 17.6. The number of fused-ring (bicyclic) bond motifs is 6. The summed E-state index contributed by atoms with van der Waals surface area (Å²) in [6, 6.07) is 23.5. The van der Waals surface area contributed by atoms with Crippen molar-refractivity contribution >= 4 is 50.1 Å². The molecule has 2 aromatic heterocycles. The molecule has 7 rings (SSSR count). The van der Waals surface area contributed by atoms with E-state index in [1.807, 2.05) is 6.07 Å². The number of hydrogen-bond donors (Lipinski definition) is 1. The normalized spacial score (nSPS) is 17.8. The molecule has 1 aliphatic heterocycles. The third-order valence-electron chi connectivity index (χ3n) is 6.93. The smallest absolute Gasteiger partial charge is 0.205 e. The van der Waals surface area contributed by atoms with Crippen molar-refractivity contribution in [3.05, 3.63) is 96.7 Å². The predicted molar refractivity (Wildman–Crippen MR) is 133 cm³/mol. The summed E-state index contributed by atoms with van der Waals surface area (Å²) in [6.45, 7) is 0. The molecule has 2 N–H and O–H groups in total. The van der Waals surface area contributed by atoms with E-state index in [0.29, 0.717) is 11.9 Å². The van der Waals surface area contributed by atoms with Crippen LogP contribution in [0.3, 0.4) is 0 Å². The van der Waals surface area contributed by atoms with E-state index in [1.54, 1.807) is 0 Å². The Labute approximate surface area is 185 Å². The summed E-state index contributed by atoms with van der Waals surface area (Å²) >= 11 is 0. The molecule has 0 saturated carbocycles. The number of aromatic nitrogens is 2. The third-order valence-corrected chi connectivity index (χ3v) is 6.93. The second kappa shape index (κ2) is 6.47. The highest BCUT2D eigenvalue weighted by molar-refractivity contribution is 6.21. The van der Waals surface area contributed by atoms with Crippen molar-refractivity contribution < 1.29 is 0 Å². The maximum absolute atomic E-state index is 6.78. The zero-order valence-corrected chi connectivity index (χ0v) is 17.6. The number of nitrogens with zero attached hydrogens (tertiary/aromatic N) is 3. The number of para-hydroxylation sites is 2. The Balaban J connectivity index is 1.72. The SMILES string of the molecule is NC1=Nc2ccccc2CC2CC=CC=C2n2ccc3ccc4c5ccccc5n1c4c32. The summed E-state index contributed by atoms with van der Waals surface area (Å²) in [5, 5.41) is 3.59. The Hall–Kier alpha value is -4.05. The molecule has 154 valence electrons. The van der Waals surface area contributed by atoms with Crippen molar-refractivity contribution in [3.8, 4) is 0 Å². The van der Waals surface area contributed by atoms with E-state index in [2.05, 4.69) is 94.2 Å². The number of aliphatic imine (C=N–C) groups is 1. The summed E-state index contributed by atoms with van der Waals surface area (Å²) in [6.07, 6.45) is 10.9. The summed E-state index contributed by atoms with van der Waals surface area (Å²) in [7, 11) is 0. The molecule has 32 heavy (non-hydrogen) atoms. The van der Waals surface area contributed by atoms with Gasteiger partial charge in [0.1, 0.15) is 0 Å². The number of allylic oxidation sites excluding steroid dienone is 4. The molecule has 0 bridgehead atoms. The van der Waals surface area contributed by atoms with E-state index < -0.39 is 0 Å². The van der Waals surface area contributed by atoms with Crippen LogP contribution in [-0.4, -0.2) is 15.1 Å². The van der Waals surface area contributed by atoms with Gasteiger partial charge >= 0.3 is 0 Å². The van der Waals surface area contributed by atoms with E-state index in [9.17, 15) is 0 Å². The second-order valence-corrected chi connectivity index (χ2v) is 8.69. The van der Waals surface area contributed by atoms with Crippen molar-refractivity contribution in [1.29, 1.82) is 0 Å². The first-order valence-corrected chi connectivity index (χ1v) is 11.1. The molecular weight excluding hydrogens is 392 g/mol. The molecule has 1 unspecified atom stereocenters. The maximum atomic E-state index is 6.78. The zero-order chi connectivity index (χ0) is 21.2. The lowest BCUT2D eigenvalue weighted by atomic mass is 9.89. The summed E-state index contributed by atoms with van der Waals surface area (Å²) in [5.74, 6) is 0.875. The van der Waals surface area contributed by atoms with Gasteiger partial charge in [0.2, 0.25) is 5.96 Å². The van der Waals surface area contributed by atoms with Gasteiger partial charge in [-0.15, -0.1) is 0 Å². The highest BCUT2D eigenvalue weighted by Crippen LogP contribution is 2.39. The Morgan fingerprint density at radius 3 is 2.72 bits per heavy atom. The molecule has 0 saturated heterocycles. The Morgan fingerprint density at radius 1 is 0.875 bits per heavy atom. The first-order valence-electron chi connectivity index (χ1n) is 11.1. The third kappa shape index (κ3) is 2.35. The minimum atomic E-state index is 0.374. The average Bonchev–Trinajstić information content (AvgIpc) is 3.39. The van der Waals surface area contributed by atoms with Gasteiger partial charge in [-0.1, -0.05) is 60.7 Å². The van der Waals surface area contributed by atoms with Gasteiger partial charge in [-0.05, 0) is 42.7 Å². The van der Waals surface area contributed by atoms with E-state index in [-0.39, 0.29) is 0 Å². The number of hydrogen-bond acceptors (Lipinski definition) is 2. The first-order chi connectivity index (χ1) is 15.8. The van der Waals surface area contributed by atoms with Gasteiger partial charge in [0, 0.05) is 34.0 Å². The van der Waals surface area contributed by atoms with Crippen LogP contribution in [0.15, 0.2) is 96.1 Å². The molecule has 2 aliphatic rings. The van der Waals surface area contributed by atoms with Gasteiger partial charge in [-0.3, -0.25) is 4.57 Å². The lowest BCUT2D eigenvalue weighted by Gasteiger charge is -2.24. The van der Waals surface area contributed by atoms with Crippen LogP contribution >= 0.6 is 0 Å². The van der Waals surface area contributed by atoms with Crippen molar-refractivity contribution in [2.75, 3.05) is 0 Å². The summed E-state index contributed by atoms with van der Waals surface area (Å²) in [5.41, 5.74) is 13.7. The Bertz CT molecular complexity index is 1640. The van der Waals surface area contributed by atoms with Crippen molar-refractivity contribution in [2.45, 2.75) is 12.8 Å². The van der Waals surface area contributed by atoms with Crippen LogP contribution in [-0.2, 0) is 6.42 Å². The highest BCUT2D eigenvalue weighted by Gasteiger charge is 2.24. The molecule has 0 amide bonds. The van der Waals surface area contributed by atoms with E-state index in [4.69, 9.17) is 10.7 Å². The van der Waals surface area contributed by atoms with Gasteiger partial charge in [0.05, 0.1) is 22.2 Å². The van der Waals surface area contributed by atoms with E-state index >= 15 is 0 Å². The van der Waals surface area contributed by atoms with Gasteiger partial charge in [-0.2, -0.15) is 0 Å². The molecule has 0 spiro atoms. The van der Waals surface area contributed by atoms with Gasteiger partial charge in [0.25, 0.3) is 0 Å². The topological polar surface area (TPSA) is 48.2 Å². The fourth-order valence-electron chi connectivity index (χ4n) is 5.49. The molecule has 1 atom stereocenters. The van der Waals surface area contributed by atoms with Gasteiger partial charge in [0.15, 0.2) is 0 Å². The minimum absolute atomic E-state index is 0.374. The fourth-order valence-corrected chi connectivity index (χ4v) is 5.49. The number of rotatable bonds is 0. The van der Waals surface area contributed by atoms with Gasteiger partial charge < -0.3 is 10.3 Å². The average molecular weight is 415 g/mol. The number of nitrogens with two attached hydrogens (primary N) is 1. The Kier molecular flexibility index (Phi) is 3.56. The zero-order valence-electron chi connectivity index (χ0n) is 17.6. The molecule has 0 fully saturated rings. The van der Waals surface area contributed by atoms with Crippen LogP contribution in [0.2, 0.25) is 0 Å². The van der Waals surface area contributed by atoms with Crippen LogP contribution < -0.4 is 5.73 Å². The maximum Gasteiger partial charge on any atom is 0.205 e. The standard InChI is InChI=1S/C28H22N4/c29-28-30-23-10-4-1-7-19(23)17-20-8-2-5-11-24(20)31-16-15-18-13-14-22-21-9-3-6-12-25(21)32(28)27(22)26(18)31/h1-7,9-16,20H,8,17H2,(H2,29,30). The second-order valence-electron chi connectivity index (χ2n) is 8.69. The quantitative estimate of drug-likeness (QED) is 0.321. The Morgan fingerprint density at radius 2 is 1.75 bits per heavy atom. The molecule has 1 aliphatic carbocycles. The molecule has 0 radical (unpaired) electrons. The number of benzene rings is 3. The lowest BCUT2D eigenvalue weighted by Crippen LogP contribution is -2.22. The van der Waals surface area contributed by atoms with Crippen LogP contribution in [0, 0.1) is 5.92 Å². The lowest BCUT2D eigenvalue weighted by molar-refractivity contribution is 0.646. The fraction of sp³-hybridized carbons (Fsp3) is 0.107. The summed E-state index contributed by atoms with van der Waals surface area (Å²) < 4.78 is 4.52. The van der Waals surface area contributed by atoms with Gasteiger partial charge in [-0.25, -0.2) is 4.99 Å². The minimum Gasteiger partial charge on any atom is -0.369 e.